The van der Waals surface area contributed by atoms with Crippen molar-refractivity contribution < 1.29 is 0 Å². The average molecular weight is 419 g/mol. The van der Waals surface area contributed by atoms with Gasteiger partial charge >= 0.3 is 0 Å². The second-order valence-corrected chi connectivity index (χ2v) is 6.23. The van der Waals surface area contributed by atoms with Gasteiger partial charge in [0.2, 0.25) is 0 Å². The van der Waals surface area contributed by atoms with Crippen molar-refractivity contribution >= 4 is 47.4 Å². The van der Waals surface area contributed by atoms with Gasteiger partial charge < -0.3 is 11.1 Å². The normalized spacial score (nSPS) is 14.2. The Morgan fingerprint density at radius 2 is 2.10 bits per heavy atom. The van der Waals surface area contributed by atoms with E-state index in [1.54, 1.807) is 0 Å². The van der Waals surface area contributed by atoms with Gasteiger partial charge in [-0.1, -0.05) is 12.1 Å². The van der Waals surface area contributed by atoms with Gasteiger partial charge in [-0.15, -0.1) is 24.0 Å². The van der Waals surface area contributed by atoms with Gasteiger partial charge in [0.15, 0.2) is 5.96 Å². The smallest absolute Gasteiger partial charge is 0.193 e. The summed E-state index contributed by atoms with van der Waals surface area (Å²) >= 11 is 1.88. The Bertz CT molecular complexity index is 463. The van der Waals surface area contributed by atoms with Gasteiger partial charge in [0, 0.05) is 12.2 Å². The number of aryl methyl sites for hydroxylation is 1. The predicted molar refractivity (Wildman–Crippen MR) is 106 cm³/mol. The highest BCUT2D eigenvalue weighted by Crippen LogP contribution is 2.27. The minimum absolute atomic E-state index is 0. The molecule has 0 radical (unpaired) electrons. The van der Waals surface area contributed by atoms with E-state index in [9.17, 15) is 0 Å². The zero-order valence-electron chi connectivity index (χ0n) is 12.7. The Morgan fingerprint density at radius 1 is 1.29 bits per heavy atom. The fourth-order valence-electron chi connectivity index (χ4n) is 2.63. The molecule has 1 aromatic carbocycles. The van der Waals surface area contributed by atoms with Gasteiger partial charge in [0.05, 0.1) is 0 Å². The molecule has 3 nitrogen and oxygen atoms in total. The molecule has 2 rings (SSSR count). The van der Waals surface area contributed by atoms with E-state index in [4.69, 9.17) is 5.73 Å². The van der Waals surface area contributed by atoms with Gasteiger partial charge in [-0.3, -0.25) is 4.99 Å². The maximum Gasteiger partial charge on any atom is 0.193 e. The maximum absolute atomic E-state index is 5.99. The number of rotatable bonds is 6. The molecule has 0 fully saturated rings. The summed E-state index contributed by atoms with van der Waals surface area (Å²) in [4.78, 5) is 4.41. The van der Waals surface area contributed by atoms with E-state index in [1.807, 2.05) is 11.8 Å². The molecule has 0 unspecified atom stereocenters. The molecule has 0 saturated heterocycles. The summed E-state index contributed by atoms with van der Waals surface area (Å²) in [6, 6.07) is 6.45. The van der Waals surface area contributed by atoms with E-state index in [0.717, 1.165) is 25.1 Å². The Balaban J connectivity index is 0.00000220. The standard InChI is InChI=1S/C16H25N3S.HI/c1-20-12-5-4-11-18-16(17)19-15-10-6-8-13-7-2-3-9-14(13)15;/h6,8,10H,2-5,7,9,11-12H2,1H3,(H3,17,18,19);1H. The fraction of sp³-hybridized carbons (Fsp3) is 0.562. The van der Waals surface area contributed by atoms with Crippen molar-refractivity contribution in [2.24, 2.45) is 10.7 Å². The summed E-state index contributed by atoms with van der Waals surface area (Å²) < 4.78 is 0. The Kier molecular flexibility index (Phi) is 9.15. The number of nitrogens with zero attached hydrogens (tertiary/aromatic N) is 1. The molecule has 0 aromatic heterocycles. The van der Waals surface area contributed by atoms with Crippen LogP contribution in [0, 0.1) is 0 Å². The number of guanidine groups is 1. The van der Waals surface area contributed by atoms with Gasteiger partial charge in [-0.05, 0) is 67.7 Å². The van der Waals surface area contributed by atoms with Crippen molar-refractivity contribution in [1.29, 1.82) is 0 Å². The van der Waals surface area contributed by atoms with E-state index in [-0.39, 0.29) is 24.0 Å². The minimum Gasteiger partial charge on any atom is -0.370 e. The maximum atomic E-state index is 5.99. The molecule has 1 aliphatic rings. The predicted octanol–water partition coefficient (Wildman–Crippen LogP) is 4.05. The van der Waals surface area contributed by atoms with Crippen molar-refractivity contribution in [1.82, 2.24) is 0 Å². The van der Waals surface area contributed by atoms with Gasteiger partial charge in [-0.2, -0.15) is 11.8 Å². The van der Waals surface area contributed by atoms with E-state index in [0.29, 0.717) is 5.96 Å². The van der Waals surface area contributed by atoms with Crippen LogP contribution >= 0.6 is 35.7 Å². The molecule has 118 valence electrons. The third kappa shape index (κ3) is 6.06. The summed E-state index contributed by atoms with van der Waals surface area (Å²) in [5.41, 5.74) is 10.0. The number of aliphatic imine (C=N–C) groups is 1. The summed E-state index contributed by atoms with van der Waals surface area (Å²) in [5, 5.41) is 3.28. The van der Waals surface area contributed by atoms with Crippen LogP contribution in [-0.4, -0.2) is 24.5 Å². The third-order valence-corrected chi connectivity index (χ3v) is 4.39. The quantitative estimate of drug-likeness (QED) is 0.317. The van der Waals surface area contributed by atoms with Crippen LogP contribution in [0.4, 0.5) is 5.69 Å². The first-order valence-corrected chi connectivity index (χ1v) is 8.87. The van der Waals surface area contributed by atoms with Crippen LogP contribution < -0.4 is 11.1 Å². The molecule has 1 aliphatic carbocycles. The van der Waals surface area contributed by atoms with Crippen LogP contribution in [0.3, 0.4) is 0 Å². The number of halogens is 1. The third-order valence-electron chi connectivity index (χ3n) is 3.70. The molecular weight excluding hydrogens is 393 g/mol. The van der Waals surface area contributed by atoms with Crippen molar-refractivity contribution in [2.45, 2.75) is 38.5 Å². The average Bonchev–Trinajstić information content (AvgIpc) is 2.47. The Labute approximate surface area is 149 Å². The molecular formula is C16H26IN3S. The minimum atomic E-state index is 0. The second-order valence-electron chi connectivity index (χ2n) is 5.24. The molecule has 0 atom stereocenters. The zero-order chi connectivity index (χ0) is 14.2. The first-order chi connectivity index (χ1) is 9.81. The topological polar surface area (TPSA) is 50.4 Å². The highest BCUT2D eigenvalue weighted by molar-refractivity contribution is 14.0. The highest BCUT2D eigenvalue weighted by atomic mass is 127. The number of nitrogens with one attached hydrogen (secondary N) is 1. The zero-order valence-corrected chi connectivity index (χ0v) is 15.9. The number of unbranched alkanes of at least 4 members (excludes halogenated alkanes) is 1. The van der Waals surface area contributed by atoms with Crippen molar-refractivity contribution in [3.63, 3.8) is 0 Å². The van der Waals surface area contributed by atoms with Crippen molar-refractivity contribution in [3.05, 3.63) is 29.3 Å². The summed E-state index contributed by atoms with van der Waals surface area (Å²) in [7, 11) is 0. The molecule has 0 spiro atoms. The molecule has 21 heavy (non-hydrogen) atoms. The molecule has 0 amide bonds. The molecule has 0 aliphatic heterocycles. The summed E-state index contributed by atoms with van der Waals surface area (Å²) in [6.07, 6.45) is 9.37. The molecule has 5 heteroatoms. The first-order valence-electron chi connectivity index (χ1n) is 7.48. The summed E-state index contributed by atoms with van der Waals surface area (Å²) in [5.74, 6) is 1.75. The van der Waals surface area contributed by atoms with Crippen LogP contribution in [0.1, 0.15) is 36.8 Å². The lowest BCUT2D eigenvalue weighted by molar-refractivity contribution is 0.687. The van der Waals surface area contributed by atoms with E-state index < -0.39 is 0 Å². The molecule has 0 saturated carbocycles. The van der Waals surface area contributed by atoms with Crippen LogP contribution in [0.15, 0.2) is 23.2 Å². The SMILES string of the molecule is CSCCCCN=C(N)Nc1cccc2c1CCCC2.I. The van der Waals surface area contributed by atoms with Crippen LogP contribution in [0.2, 0.25) is 0 Å². The van der Waals surface area contributed by atoms with E-state index in [2.05, 4.69) is 34.8 Å². The first kappa shape index (κ1) is 18.6. The number of hydrogen-bond acceptors (Lipinski definition) is 2. The Morgan fingerprint density at radius 3 is 2.90 bits per heavy atom. The molecule has 1 aromatic rings. The number of benzene rings is 1. The summed E-state index contributed by atoms with van der Waals surface area (Å²) in [6.45, 7) is 0.814. The van der Waals surface area contributed by atoms with Gasteiger partial charge in [0.25, 0.3) is 0 Å². The molecule has 3 N–H and O–H groups in total. The number of nitrogens with two attached hydrogens (primary N) is 1. The van der Waals surface area contributed by atoms with Gasteiger partial charge in [-0.25, -0.2) is 0 Å². The lowest BCUT2D eigenvalue weighted by Gasteiger charge is -2.19. The molecule has 0 heterocycles. The number of fused-ring (bicyclic) bond motifs is 1. The van der Waals surface area contributed by atoms with Crippen molar-refractivity contribution in [3.8, 4) is 0 Å². The second kappa shape index (κ2) is 10.3. The van der Waals surface area contributed by atoms with Crippen molar-refractivity contribution in [2.75, 3.05) is 23.9 Å². The monoisotopic (exact) mass is 419 g/mol. The van der Waals surface area contributed by atoms with Crippen LogP contribution in [0.25, 0.3) is 0 Å². The molecule has 0 bridgehead atoms. The van der Waals surface area contributed by atoms with Gasteiger partial charge in [0.1, 0.15) is 0 Å². The van der Waals surface area contributed by atoms with E-state index >= 15 is 0 Å². The highest BCUT2D eigenvalue weighted by Gasteiger charge is 2.12. The van der Waals surface area contributed by atoms with Crippen LogP contribution in [0.5, 0.6) is 0 Å². The lowest BCUT2D eigenvalue weighted by Crippen LogP contribution is -2.24. The Hall–Kier alpha value is -0.430. The number of anilines is 1. The van der Waals surface area contributed by atoms with E-state index in [1.165, 1.54) is 42.6 Å². The number of hydrogen-bond donors (Lipinski definition) is 2. The lowest BCUT2D eigenvalue weighted by atomic mass is 9.90. The largest absolute Gasteiger partial charge is 0.370 e. The fourth-order valence-corrected chi connectivity index (χ4v) is 3.13. The van der Waals surface area contributed by atoms with Crippen LogP contribution in [-0.2, 0) is 12.8 Å². The number of thioether (sulfide) groups is 1.